The van der Waals surface area contributed by atoms with Crippen LogP contribution in [0.25, 0.3) is 0 Å². The topological polar surface area (TPSA) is 84.2 Å². The number of nitrogens with two attached hydrogens (primary N) is 1. The highest BCUT2D eigenvalue weighted by Gasteiger charge is 2.20. The minimum absolute atomic E-state index is 0. The van der Waals surface area contributed by atoms with Gasteiger partial charge in [0.05, 0.1) is 4.88 Å². The van der Waals surface area contributed by atoms with Crippen LogP contribution in [-0.2, 0) is 4.79 Å². The summed E-state index contributed by atoms with van der Waals surface area (Å²) in [5, 5.41) is 7.39. The van der Waals surface area contributed by atoms with E-state index in [1.54, 1.807) is 6.07 Å². The van der Waals surface area contributed by atoms with Gasteiger partial charge in [-0.15, -0.1) is 23.7 Å². The molecule has 0 atom stereocenters. The molecule has 1 aromatic rings. The molecule has 21 heavy (non-hydrogen) atoms. The Bertz CT molecular complexity index is 433. The first kappa shape index (κ1) is 19.9. The van der Waals surface area contributed by atoms with Gasteiger partial charge in [0.15, 0.2) is 0 Å². The maximum Gasteiger partial charge on any atom is 0.261 e. The lowest BCUT2D eigenvalue weighted by atomic mass is 9.94. The van der Waals surface area contributed by atoms with Crippen molar-refractivity contribution >= 4 is 35.6 Å². The van der Waals surface area contributed by atoms with Crippen LogP contribution in [0.2, 0.25) is 0 Å². The van der Waals surface area contributed by atoms with Crippen molar-refractivity contribution in [2.45, 2.75) is 38.6 Å². The summed E-state index contributed by atoms with van der Waals surface area (Å²) in [6, 6.07) is 3.58. The third-order valence-corrected chi connectivity index (χ3v) is 4.30. The van der Waals surface area contributed by atoms with Crippen LogP contribution in [0.15, 0.2) is 17.5 Å². The molecule has 0 radical (unpaired) electrons. The van der Waals surface area contributed by atoms with E-state index >= 15 is 0 Å². The number of halogens is 1. The monoisotopic (exact) mass is 333 g/mol. The summed E-state index contributed by atoms with van der Waals surface area (Å²) in [7, 11) is 0. The zero-order valence-corrected chi connectivity index (χ0v) is 14.1. The molecular formula is C14H24ClN3O2S. The Balaban J connectivity index is 0.00000400. The fourth-order valence-corrected chi connectivity index (χ4v) is 2.29. The second-order valence-corrected chi connectivity index (χ2v) is 5.78. The second kappa shape index (κ2) is 9.76. The number of amides is 2. The highest BCUT2D eigenvalue weighted by Crippen LogP contribution is 2.09. The Morgan fingerprint density at radius 2 is 1.95 bits per heavy atom. The number of carbonyl (C=O) groups is 2. The van der Waals surface area contributed by atoms with Crippen LogP contribution in [0, 0.1) is 0 Å². The molecule has 0 aliphatic carbocycles. The smallest absolute Gasteiger partial charge is 0.261 e. The molecule has 0 aliphatic rings. The van der Waals surface area contributed by atoms with Gasteiger partial charge in [-0.3, -0.25) is 9.59 Å². The first-order chi connectivity index (χ1) is 9.50. The molecule has 0 unspecified atom stereocenters. The van der Waals surface area contributed by atoms with Crippen molar-refractivity contribution in [1.82, 2.24) is 10.6 Å². The highest BCUT2D eigenvalue weighted by molar-refractivity contribution is 7.12. The number of nitrogens with one attached hydrogen (secondary N) is 2. The molecule has 2 amide bonds. The van der Waals surface area contributed by atoms with Gasteiger partial charge in [-0.05, 0) is 24.3 Å². The normalized spacial score (nSPS) is 10.6. The van der Waals surface area contributed by atoms with E-state index in [4.69, 9.17) is 5.73 Å². The van der Waals surface area contributed by atoms with Gasteiger partial charge in [0.2, 0.25) is 5.91 Å². The molecule has 0 saturated carbocycles. The van der Waals surface area contributed by atoms with Crippen LogP contribution in [0.3, 0.4) is 0 Å². The van der Waals surface area contributed by atoms with Gasteiger partial charge < -0.3 is 16.4 Å². The van der Waals surface area contributed by atoms with Gasteiger partial charge >= 0.3 is 0 Å². The van der Waals surface area contributed by atoms with Crippen molar-refractivity contribution in [2.75, 3.05) is 13.1 Å². The summed E-state index contributed by atoms with van der Waals surface area (Å²) >= 11 is 1.38. The van der Waals surface area contributed by atoms with Crippen molar-refractivity contribution in [2.24, 2.45) is 5.73 Å². The fourth-order valence-electron chi connectivity index (χ4n) is 1.65. The lowest BCUT2D eigenvalue weighted by molar-refractivity contribution is -0.121. The van der Waals surface area contributed by atoms with E-state index in [0.717, 1.165) is 12.8 Å². The Morgan fingerprint density at radius 3 is 2.48 bits per heavy atom. The van der Waals surface area contributed by atoms with Crippen molar-refractivity contribution in [3.05, 3.63) is 22.4 Å². The first-order valence-corrected chi connectivity index (χ1v) is 7.76. The third kappa shape index (κ3) is 6.93. The van der Waals surface area contributed by atoms with Crippen LogP contribution < -0.4 is 16.4 Å². The van der Waals surface area contributed by atoms with Crippen molar-refractivity contribution in [3.8, 4) is 0 Å². The summed E-state index contributed by atoms with van der Waals surface area (Å²) in [6.45, 7) is 4.82. The molecule has 0 bridgehead atoms. The molecule has 1 rings (SSSR count). The Hall–Kier alpha value is -1.11. The van der Waals surface area contributed by atoms with Gasteiger partial charge in [-0.1, -0.05) is 19.9 Å². The predicted molar refractivity (Wildman–Crippen MR) is 89.0 cm³/mol. The molecule has 120 valence electrons. The quantitative estimate of drug-likeness (QED) is 0.679. The first-order valence-electron chi connectivity index (χ1n) is 6.88. The number of hydrogen-bond donors (Lipinski definition) is 3. The highest BCUT2D eigenvalue weighted by atomic mass is 35.5. The van der Waals surface area contributed by atoms with E-state index in [-0.39, 0.29) is 36.2 Å². The molecule has 1 aromatic heterocycles. The van der Waals surface area contributed by atoms with E-state index in [0.29, 0.717) is 18.0 Å². The minimum atomic E-state index is -0.337. The molecule has 1 heterocycles. The molecule has 7 heteroatoms. The molecule has 0 spiro atoms. The third-order valence-electron chi connectivity index (χ3n) is 3.43. The largest absolute Gasteiger partial charge is 0.354 e. The van der Waals surface area contributed by atoms with Crippen LogP contribution >= 0.6 is 23.7 Å². The van der Waals surface area contributed by atoms with E-state index in [2.05, 4.69) is 10.6 Å². The molecule has 0 aliphatic heterocycles. The van der Waals surface area contributed by atoms with E-state index in [9.17, 15) is 9.59 Å². The number of carbonyl (C=O) groups excluding carboxylic acids is 2. The van der Waals surface area contributed by atoms with Crippen LogP contribution in [0.4, 0.5) is 0 Å². The van der Waals surface area contributed by atoms with E-state index < -0.39 is 0 Å². The zero-order valence-electron chi connectivity index (χ0n) is 12.5. The molecule has 0 aromatic carbocycles. The maximum absolute atomic E-state index is 11.7. The Labute approximate surface area is 136 Å². The van der Waals surface area contributed by atoms with Gasteiger partial charge in [-0.25, -0.2) is 0 Å². The summed E-state index contributed by atoms with van der Waals surface area (Å²) in [4.78, 5) is 24.0. The van der Waals surface area contributed by atoms with Crippen molar-refractivity contribution in [3.63, 3.8) is 0 Å². The second-order valence-electron chi connectivity index (χ2n) is 4.83. The lowest BCUT2D eigenvalue weighted by Gasteiger charge is -2.26. The lowest BCUT2D eigenvalue weighted by Crippen LogP contribution is -2.49. The van der Waals surface area contributed by atoms with Gasteiger partial charge in [0, 0.05) is 25.0 Å². The van der Waals surface area contributed by atoms with Crippen LogP contribution in [0.1, 0.15) is 42.8 Å². The van der Waals surface area contributed by atoms with E-state index in [1.165, 1.54) is 11.3 Å². The van der Waals surface area contributed by atoms with Crippen molar-refractivity contribution < 1.29 is 9.59 Å². The van der Waals surface area contributed by atoms with Gasteiger partial charge in [0.1, 0.15) is 0 Å². The predicted octanol–water partition coefficient (Wildman–Crippen LogP) is 1.92. The maximum atomic E-state index is 11.7. The summed E-state index contributed by atoms with van der Waals surface area (Å²) in [5.41, 5.74) is 5.77. The Kier molecular flexibility index (Phi) is 9.24. The molecule has 4 N–H and O–H groups in total. The van der Waals surface area contributed by atoms with Gasteiger partial charge in [-0.2, -0.15) is 0 Å². The molecule has 5 nitrogen and oxygen atoms in total. The van der Waals surface area contributed by atoms with E-state index in [1.807, 2.05) is 25.3 Å². The van der Waals surface area contributed by atoms with Gasteiger partial charge in [0.25, 0.3) is 5.91 Å². The average molecular weight is 334 g/mol. The molecule has 0 fully saturated rings. The average Bonchev–Trinajstić information content (AvgIpc) is 2.99. The number of thiophene rings is 1. The summed E-state index contributed by atoms with van der Waals surface area (Å²) < 4.78 is 0. The SMILES string of the molecule is CCC(N)(CC)CNC(=O)CCNC(=O)c1cccs1.Cl. The number of rotatable bonds is 8. The summed E-state index contributed by atoms with van der Waals surface area (Å²) in [6.07, 6.45) is 1.90. The van der Waals surface area contributed by atoms with Crippen molar-refractivity contribution in [1.29, 1.82) is 0 Å². The van der Waals surface area contributed by atoms with Crippen LogP contribution in [-0.4, -0.2) is 30.4 Å². The number of hydrogen-bond acceptors (Lipinski definition) is 4. The minimum Gasteiger partial charge on any atom is -0.354 e. The van der Waals surface area contributed by atoms with Crippen LogP contribution in [0.5, 0.6) is 0 Å². The molecular weight excluding hydrogens is 310 g/mol. The fraction of sp³-hybridized carbons (Fsp3) is 0.571. The Morgan fingerprint density at radius 1 is 1.29 bits per heavy atom. The standard InChI is InChI=1S/C14H23N3O2S.ClH/c1-3-14(15,4-2)10-17-12(18)7-8-16-13(19)11-6-5-9-20-11;/h5-6,9H,3-4,7-8,10,15H2,1-2H3,(H,16,19)(H,17,18);1H. The zero-order chi connectivity index (χ0) is 15.0. The molecule has 0 saturated heterocycles. The summed E-state index contributed by atoms with van der Waals surface area (Å²) in [5.74, 6) is -0.226.